The lowest BCUT2D eigenvalue weighted by molar-refractivity contribution is 0.316. The highest BCUT2D eigenvalue weighted by Gasteiger charge is 2.03. The lowest BCUT2D eigenvalue weighted by Crippen LogP contribution is -2.15. The minimum absolute atomic E-state index is 0.779. The quantitative estimate of drug-likeness (QED) is 0.534. The monoisotopic (exact) mass is 337 g/mol. The van der Waals surface area contributed by atoms with Gasteiger partial charge in [0.2, 0.25) is 0 Å². The second-order valence-electron chi connectivity index (χ2n) is 3.49. The van der Waals surface area contributed by atoms with Crippen LogP contribution < -0.4 is 15.4 Å². The minimum atomic E-state index is 0.779. The average molecular weight is 337 g/mol. The van der Waals surface area contributed by atoms with Crippen LogP contribution in [0.2, 0.25) is 0 Å². The third-order valence-corrected chi connectivity index (χ3v) is 2.53. The Morgan fingerprint density at radius 2 is 1.82 bits per heavy atom. The molecule has 0 saturated carbocycles. The summed E-state index contributed by atoms with van der Waals surface area (Å²) in [5.74, 6) is 0.779. The summed E-state index contributed by atoms with van der Waals surface area (Å²) in [4.78, 5) is 7.29. The van der Waals surface area contributed by atoms with Gasteiger partial charge in [-0.05, 0) is 22.3 Å². The van der Waals surface area contributed by atoms with E-state index in [4.69, 9.17) is 4.84 Å². The first-order chi connectivity index (χ1) is 8.36. The summed E-state index contributed by atoms with van der Waals surface area (Å²) < 4.78 is 0. The van der Waals surface area contributed by atoms with E-state index >= 15 is 0 Å². The summed E-state index contributed by atoms with van der Waals surface area (Å²) in [6, 6.07) is 13.7. The Morgan fingerprint density at radius 3 is 2.65 bits per heavy atom. The Bertz CT molecular complexity index is 725. The Kier molecular flexibility index (Phi) is 3.78. The second kappa shape index (κ2) is 5.31. The molecular formula is C14H12INO. The predicted molar refractivity (Wildman–Crippen MR) is 77.4 cm³/mol. The van der Waals surface area contributed by atoms with Crippen molar-refractivity contribution in [3.63, 3.8) is 0 Å². The van der Waals surface area contributed by atoms with Crippen LogP contribution in [0.5, 0.6) is 5.75 Å². The van der Waals surface area contributed by atoms with E-state index < -0.39 is 0 Å². The summed E-state index contributed by atoms with van der Waals surface area (Å²) in [7, 11) is 0. The SMILES string of the molecule is C=c1cccc2c1=c1ccccc1=NO2.CI. The predicted octanol–water partition coefficient (Wildman–Crippen LogP) is 2.36. The Morgan fingerprint density at radius 1 is 1.06 bits per heavy atom. The fourth-order valence-corrected chi connectivity index (χ4v) is 1.82. The fraction of sp³-hybridized carbons (Fsp3) is 0.0714. The highest BCUT2D eigenvalue weighted by Crippen LogP contribution is 2.11. The largest absolute Gasteiger partial charge is 0.356 e. The van der Waals surface area contributed by atoms with Gasteiger partial charge in [0.25, 0.3) is 0 Å². The van der Waals surface area contributed by atoms with Crippen LogP contribution in [0.3, 0.4) is 0 Å². The van der Waals surface area contributed by atoms with Gasteiger partial charge in [0.1, 0.15) is 5.36 Å². The van der Waals surface area contributed by atoms with Gasteiger partial charge in [-0.3, -0.25) is 0 Å². The van der Waals surface area contributed by atoms with E-state index in [1.807, 2.05) is 47.4 Å². The molecule has 0 radical (unpaired) electrons. The Hall–Kier alpha value is -1.36. The molecule has 2 nitrogen and oxygen atoms in total. The van der Waals surface area contributed by atoms with Crippen LogP contribution in [0.1, 0.15) is 0 Å². The van der Waals surface area contributed by atoms with E-state index in [0.29, 0.717) is 0 Å². The minimum Gasteiger partial charge on any atom is -0.356 e. The zero-order valence-electron chi connectivity index (χ0n) is 9.48. The molecule has 1 aliphatic heterocycles. The number of fused-ring (bicyclic) bond motifs is 2. The van der Waals surface area contributed by atoms with Crippen LogP contribution in [-0.4, -0.2) is 4.93 Å². The van der Waals surface area contributed by atoms with Gasteiger partial charge in [0, 0.05) is 10.4 Å². The second-order valence-corrected chi connectivity index (χ2v) is 3.49. The number of hydrogen-bond donors (Lipinski definition) is 0. The highest BCUT2D eigenvalue weighted by atomic mass is 127. The van der Waals surface area contributed by atoms with Gasteiger partial charge in [-0.1, -0.05) is 64.7 Å². The highest BCUT2D eigenvalue weighted by molar-refractivity contribution is 14.1. The Labute approximate surface area is 113 Å². The van der Waals surface area contributed by atoms with Crippen LogP contribution >= 0.6 is 22.6 Å². The van der Waals surface area contributed by atoms with E-state index in [2.05, 4.69) is 34.3 Å². The molecule has 0 spiro atoms. The smallest absolute Gasteiger partial charge is 0.166 e. The molecule has 0 bridgehead atoms. The molecule has 1 aliphatic rings. The van der Waals surface area contributed by atoms with Gasteiger partial charge in [-0.2, -0.15) is 0 Å². The van der Waals surface area contributed by atoms with Gasteiger partial charge in [0.15, 0.2) is 5.75 Å². The first-order valence-corrected chi connectivity index (χ1v) is 7.32. The fourth-order valence-electron chi connectivity index (χ4n) is 1.82. The molecule has 0 aromatic heterocycles. The Balaban J connectivity index is 0.000000514. The molecule has 2 aromatic rings. The summed E-state index contributed by atoms with van der Waals surface area (Å²) in [5, 5.41) is 8.01. The van der Waals surface area contributed by atoms with E-state index in [0.717, 1.165) is 26.8 Å². The molecule has 0 fully saturated rings. The maximum absolute atomic E-state index is 5.32. The number of benzene rings is 2. The molecule has 0 aliphatic carbocycles. The molecule has 3 rings (SSSR count). The van der Waals surface area contributed by atoms with Gasteiger partial charge < -0.3 is 4.84 Å². The number of nitrogens with zero attached hydrogens (tertiary/aromatic N) is 1. The molecule has 1 heterocycles. The zero-order valence-corrected chi connectivity index (χ0v) is 11.6. The summed E-state index contributed by atoms with van der Waals surface area (Å²) >= 11 is 2.15. The van der Waals surface area contributed by atoms with Crippen molar-refractivity contribution in [1.29, 1.82) is 0 Å². The summed E-state index contributed by atoms with van der Waals surface area (Å²) in [6.45, 7) is 4.01. The van der Waals surface area contributed by atoms with E-state index in [-0.39, 0.29) is 0 Å². The van der Waals surface area contributed by atoms with Crippen LogP contribution in [0.4, 0.5) is 0 Å². The number of halogens is 1. The van der Waals surface area contributed by atoms with Crippen molar-refractivity contribution in [3.05, 3.63) is 63.5 Å². The van der Waals surface area contributed by atoms with Gasteiger partial charge in [0.05, 0.1) is 0 Å². The molecule has 2 aromatic carbocycles. The number of alkyl halides is 1. The van der Waals surface area contributed by atoms with E-state index in [1.54, 1.807) is 0 Å². The molecule has 0 N–H and O–H groups in total. The molecule has 17 heavy (non-hydrogen) atoms. The molecule has 0 saturated heterocycles. The van der Waals surface area contributed by atoms with Crippen molar-refractivity contribution in [3.8, 4) is 5.75 Å². The third-order valence-electron chi connectivity index (χ3n) is 2.53. The molecule has 0 amide bonds. The van der Waals surface area contributed by atoms with Crippen molar-refractivity contribution in [2.45, 2.75) is 0 Å². The lowest BCUT2D eigenvalue weighted by atomic mass is 10.1. The average Bonchev–Trinajstić information content (AvgIpc) is 2.41. The first-order valence-electron chi connectivity index (χ1n) is 5.16. The number of rotatable bonds is 0. The third kappa shape index (κ3) is 2.20. The topological polar surface area (TPSA) is 21.6 Å². The molecular weight excluding hydrogens is 325 g/mol. The van der Waals surface area contributed by atoms with Crippen LogP contribution in [-0.2, 0) is 0 Å². The molecule has 0 unspecified atom stereocenters. The lowest BCUT2D eigenvalue weighted by Gasteiger charge is -2.05. The van der Waals surface area contributed by atoms with E-state index in [9.17, 15) is 0 Å². The zero-order chi connectivity index (χ0) is 12.3. The van der Waals surface area contributed by atoms with Crippen LogP contribution in [0, 0.1) is 10.4 Å². The first kappa shape index (κ1) is 12.1. The van der Waals surface area contributed by atoms with Gasteiger partial charge in [-0.25, -0.2) is 0 Å². The van der Waals surface area contributed by atoms with Crippen molar-refractivity contribution in [2.24, 2.45) is 5.16 Å². The van der Waals surface area contributed by atoms with Crippen molar-refractivity contribution in [1.82, 2.24) is 0 Å². The summed E-state index contributed by atoms with van der Waals surface area (Å²) in [5.41, 5.74) is 0. The van der Waals surface area contributed by atoms with Crippen molar-refractivity contribution < 1.29 is 4.84 Å². The van der Waals surface area contributed by atoms with Crippen LogP contribution in [0.15, 0.2) is 47.6 Å². The summed E-state index contributed by atoms with van der Waals surface area (Å²) in [6.07, 6.45) is 0. The van der Waals surface area contributed by atoms with Gasteiger partial charge in [-0.15, -0.1) is 0 Å². The maximum atomic E-state index is 5.32. The molecule has 0 atom stereocenters. The van der Waals surface area contributed by atoms with Crippen LogP contribution in [0.25, 0.3) is 6.58 Å². The standard InChI is InChI=1S/C13H9NO.CH3I/c1-9-5-4-8-12-13(9)10-6-2-3-7-11(10)14-15-12;1-2/h2-8H,1H2;1H3. The normalized spacial score (nSPS) is 10.9. The molecule has 86 valence electrons. The number of hydrogen-bond acceptors (Lipinski definition) is 2. The molecule has 3 heteroatoms. The van der Waals surface area contributed by atoms with Crippen molar-refractivity contribution >= 4 is 29.2 Å². The maximum Gasteiger partial charge on any atom is 0.166 e. The van der Waals surface area contributed by atoms with E-state index in [1.165, 1.54) is 0 Å². The van der Waals surface area contributed by atoms with Gasteiger partial charge >= 0.3 is 0 Å². The van der Waals surface area contributed by atoms with Crippen molar-refractivity contribution in [2.75, 3.05) is 4.93 Å².